The summed E-state index contributed by atoms with van der Waals surface area (Å²) in [5.41, 5.74) is 4.97. The molecule has 3 rings (SSSR count). The van der Waals surface area contributed by atoms with Crippen LogP contribution in [0.15, 0.2) is 18.2 Å². The first-order valence-electron chi connectivity index (χ1n) is 5.65. The maximum Gasteiger partial charge on any atom is 0.0533 e. The van der Waals surface area contributed by atoms with Crippen molar-refractivity contribution >= 4 is 0 Å². The normalized spacial score (nSPS) is 29.8. The Kier molecular flexibility index (Phi) is 1.72. The Bertz CT molecular complexity index is 363. The number of hydrogen-bond donors (Lipinski definition) is 1. The highest BCUT2D eigenvalue weighted by Gasteiger charge is 2.38. The van der Waals surface area contributed by atoms with Crippen LogP contribution < -0.4 is 5.32 Å². The van der Waals surface area contributed by atoms with E-state index in [9.17, 15) is 0 Å². The molecule has 0 spiro atoms. The van der Waals surface area contributed by atoms with Gasteiger partial charge in [0, 0.05) is 6.54 Å². The zero-order valence-corrected chi connectivity index (χ0v) is 8.77. The van der Waals surface area contributed by atoms with Gasteiger partial charge in [-0.2, -0.15) is 0 Å². The zero-order valence-electron chi connectivity index (χ0n) is 8.77. The minimum absolute atomic E-state index is 0.298. The monoisotopic (exact) mass is 187 g/mol. The summed E-state index contributed by atoms with van der Waals surface area (Å²) in [4.78, 5) is 0. The van der Waals surface area contributed by atoms with Crippen molar-refractivity contribution in [2.75, 3.05) is 6.54 Å². The van der Waals surface area contributed by atoms with E-state index in [2.05, 4.69) is 30.4 Å². The summed E-state index contributed by atoms with van der Waals surface area (Å²) in [6.45, 7) is 3.43. The van der Waals surface area contributed by atoms with E-state index in [1.807, 2.05) is 0 Å². The molecule has 0 bridgehead atoms. The minimum atomic E-state index is 0.298. The molecular formula is C13H17N. The second-order valence-electron chi connectivity index (χ2n) is 4.88. The van der Waals surface area contributed by atoms with Gasteiger partial charge in [-0.15, -0.1) is 0 Å². The van der Waals surface area contributed by atoms with Gasteiger partial charge < -0.3 is 5.32 Å². The molecule has 0 saturated carbocycles. The molecule has 1 atom stereocenters. The molecule has 1 fully saturated rings. The lowest BCUT2D eigenvalue weighted by atomic mass is 9.88. The van der Waals surface area contributed by atoms with Gasteiger partial charge in [0.25, 0.3) is 0 Å². The maximum atomic E-state index is 3.43. The van der Waals surface area contributed by atoms with Gasteiger partial charge in [0.05, 0.1) is 5.54 Å². The number of rotatable bonds is 1. The first-order chi connectivity index (χ1) is 6.78. The molecule has 1 aliphatic heterocycles. The maximum absolute atomic E-state index is 3.43. The van der Waals surface area contributed by atoms with Crippen molar-refractivity contribution in [1.29, 1.82) is 0 Å². The average Bonchev–Trinajstić information content (AvgIpc) is 2.97. The fraction of sp³-hybridized carbons (Fsp3) is 0.538. The molecule has 1 nitrogen and oxygen atoms in total. The predicted molar refractivity (Wildman–Crippen MR) is 58.4 cm³/mol. The summed E-state index contributed by atoms with van der Waals surface area (Å²) < 4.78 is 0. The van der Waals surface area contributed by atoms with Crippen molar-refractivity contribution in [2.45, 2.75) is 38.1 Å². The Morgan fingerprint density at radius 1 is 1.14 bits per heavy atom. The number of aryl methyl sites for hydroxylation is 2. The Balaban J connectivity index is 2.01. The third-order valence-corrected chi connectivity index (χ3v) is 3.69. The summed E-state index contributed by atoms with van der Waals surface area (Å²) in [7, 11) is 0. The van der Waals surface area contributed by atoms with Crippen LogP contribution in [-0.2, 0) is 18.4 Å². The SMILES string of the molecule is CC1(c2ccc3c(c2)CCCC3)CN1. The quantitative estimate of drug-likeness (QED) is 0.670. The van der Waals surface area contributed by atoms with Crippen molar-refractivity contribution in [3.05, 3.63) is 34.9 Å². The Hall–Kier alpha value is -0.820. The van der Waals surface area contributed by atoms with E-state index in [-0.39, 0.29) is 0 Å². The van der Waals surface area contributed by atoms with Gasteiger partial charge in [-0.05, 0) is 49.3 Å². The molecule has 0 aromatic heterocycles. The summed E-state index contributed by atoms with van der Waals surface area (Å²) in [6.07, 6.45) is 5.33. The molecule has 0 amide bonds. The van der Waals surface area contributed by atoms with E-state index in [0.29, 0.717) is 5.54 Å². The summed E-state index contributed by atoms with van der Waals surface area (Å²) in [5, 5.41) is 3.43. The van der Waals surface area contributed by atoms with Crippen LogP contribution in [0.2, 0.25) is 0 Å². The lowest BCUT2D eigenvalue weighted by Gasteiger charge is -2.18. The van der Waals surface area contributed by atoms with Crippen LogP contribution in [0.5, 0.6) is 0 Å². The van der Waals surface area contributed by atoms with Crippen LogP contribution in [-0.4, -0.2) is 6.54 Å². The molecule has 2 aliphatic rings. The van der Waals surface area contributed by atoms with Crippen molar-refractivity contribution in [3.8, 4) is 0 Å². The van der Waals surface area contributed by atoms with Gasteiger partial charge >= 0.3 is 0 Å². The molecule has 0 radical (unpaired) electrons. The molecule has 1 aromatic rings. The van der Waals surface area contributed by atoms with Gasteiger partial charge in [-0.1, -0.05) is 18.2 Å². The van der Waals surface area contributed by atoms with E-state index < -0.39 is 0 Å². The Morgan fingerprint density at radius 2 is 1.86 bits per heavy atom. The highest BCUT2D eigenvalue weighted by Crippen LogP contribution is 2.32. The van der Waals surface area contributed by atoms with E-state index in [1.165, 1.54) is 31.2 Å². The molecule has 1 heterocycles. The van der Waals surface area contributed by atoms with Crippen molar-refractivity contribution in [2.24, 2.45) is 0 Å². The first kappa shape index (κ1) is 8.49. The van der Waals surface area contributed by atoms with Gasteiger partial charge in [0.2, 0.25) is 0 Å². The number of benzene rings is 1. The van der Waals surface area contributed by atoms with Crippen molar-refractivity contribution < 1.29 is 0 Å². The average molecular weight is 187 g/mol. The van der Waals surface area contributed by atoms with Crippen molar-refractivity contribution in [3.63, 3.8) is 0 Å². The molecule has 1 aliphatic carbocycles. The molecular weight excluding hydrogens is 170 g/mol. The molecule has 74 valence electrons. The number of hydrogen-bond acceptors (Lipinski definition) is 1. The lowest BCUT2D eigenvalue weighted by molar-refractivity contribution is 0.678. The molecule has 14 heavy (non-hydrogen) atoms. The molecule has 1 saturated heterocycles. The third kappa shape index (κ3) is 1.27. The second kappa shape index (κ2) is 2.83. The van der Waals surface area contributed by atoms with Crippen LogP contribution in [0, 0.1) is 0 Å². The van der Waals surface area contributed by atoms with Gasteiger partial charge in [0.1, 0.15) is 0 Å². The predicted octanol–water partition coefficient (Wildman–Crippen LogP) is 2.38. The largest absolute Gasteiger partial charge is 0.304 e. The number of fused-ring (bicyclic) bond motifs is 1. The van der Waals surface area contributed by atoms with Crippen molar-refractivity contribution in [1.82, 2.24) is 5.32 Å². The van der Waals surface area contributed by atoms with Gasteiger partial charge in [-0.25, -0.2) is 0 Å². The minimum Gasteiger partial charge on any atom is -0.304 e. The van der Waals surface area contributed by atoms with Crippen LogP contribution >= 0.6 is 0 Å². The van der Waals surface area contributed by atoms with Crippen LogP contribution in [0.25, 0.3) is 0 Å². The van der Waals surface area contributed by atoms with Crippen LogP contribution in [0.1, 0.15) is 36.5 Å². The summed E-state index contributed by atoms with van der Waals surface area (Å²) in [5.74, 6) is 0. The highest BCUT2D eigenvalue weighted by atomic mass is 15.1. The lowest BCUT2D eigenvalue weighted by Crippen LogP contribution is -2.10. The van der Waals surface area contributed by atoms with Crippen LogP contribution in [0.3, 0.4) is 0 Å². The smallest absolute Gasteiger partial charge is 0.0533 e. The van der Waals surface area contributed by atoms with E-state index >= 15 is 0 Å². The standard InChI is InChI=1S/C13H17N/c1-13(9-14-13)12-7-6-10-4-2-3-5-11(10)8-12/h6-8,14H,2-5,9H2,1H3. The van der Waals surface area contributed by atoms with Crippen LogP contribution in [0.4, 0.5) is 0 Å². The van der Waals surface area contributed by atoms with E-state index in [0.717, 1.165) is 6.54 Å². The zero-order chi connectivity index (χ0) is 9.60. The molecule has 1 N–H and O–H groups in total. The fourth-order valence-electron chi connectivity index (χ4n) is 2.41. The molecule has 1 heteroatoms. The highest BCUT2D eigenvalue weighted by molar-refractivity contribution is 5.39. The first-order valence-corrected chi connectivity index (χ1v) is 5.65. The van der Waals surface area contributed by atoms with E-state index in [4.69, 9.17) is 0 Å². The summed E-state index contributed by atoms with van der Waals surface area (Å²) >= 11 is 0. The number of nitrogens with one attached hydrogen (secondary N) is 1. The topological polar surface area (TPSA) is 21.9 Å². The third-order valence-electron chi connectivity index (χ3n) is 3.69. The van der Waals surface area contributed by atoms with E-state index in [1.54, 1.807) is 11.1 Å². The Morgan fingerprint density at radius 3 is 2.57 bits per heavy atom. The second-order valence-corrected chi connectivity index (χ2v) is 4.88. The molecule has 1 unspecified atom stereocenters. The molecule has 1 aromatic carbocycles. The summed E-state index contributed by atoms with van der Waals surface area (Å²) in [6, 6.07) is 7.08. The van der Waals surface area contributed by atoms with Gasteiger partial charge in [-0.3, -0.25) is 0 Å². The fourth-order valence-corrected chi connectivity index (χ4v) is 2.41. The van der Waals surface area contributed by atoms with Gasteiger partial charge in [0.15, 0.2) is 0 Å². The Labute approximate surface area is 85.5 Å².